The number of hydrogen-bond donors (Lipinski definition) is 2. The zero-order chi connectivity index (χ0) is 20.5. The Balaban J connectivity index is 0.00000320. The Bertz CT molecular complexity index is 669. The first kappa shape index (κ1) is 25.1. The fourth-order valence-electron chi connectivity index (χ4n) is 4.26. The van der Waals surface area contributed by atoms with Crippen LogP contribution in [0.15, 0.2) is 23.2 Å². The van der Waals surface area contributed by atoms with Gasteiger partial charge in [0.2, 0.25) is 0 Å². The second kappa shape index (κ2) is 13.3. The summed E-state index contributed by atoms with van der Waals surface area (Å²) in [5.41, 5.74) is 1.57. The Morgan fingerprint density at radius 1 is 1.20 bits per heavy atom. The Kier molecular flexibility index (Phi) is 11.2. The lowest BCUT2D eigenvalue weighted by Gasteiger charge is -2.35. The second-order valence-electron chi connectivity index (χ2n) is 7.83. The molecule has 0 radical (unpaired) electrons. The van der Waals surface area contributed by atoms with Crippen molar-refractivity contribution < 1.29 is 9.13 Å². The van der Waals surface area contributed by atoms with E-state index >= 15 is 0 Å². The molecule has 1 aromatic rings. The largest absolute Gasteiger partial charge is 0.378 e. The summed E-state index contributed by atoms with van der Waals surface area (Å²) in [4.78, 5) is 8.93. The molecule has 6 nitrogen and oxygen atoms in total. The van der Waals surface area contributed by atoms with Crippen molar-refractivity contribution in [2.45, 2.75) is 45.2 Å². The molecule has 2 aliphatic rings. The van der Waals surface area contributed by atoms with E-state index in [4.69, 9.17) is 4.74 Å². The van der Waals surface area contributed by atoms with E-state index in [1.165, 1.54) is 32.2 Å². The molecule has 0 saturated carbocycles. The predicted octanol–water partition coefficient (Wildman–Crippen LogP) is 3.21. The van der Waals surface area contributed by atoms with Crippen LogP contribution in [0.5, 0.6) is 0 Å². The molecule has 0 spiro atoms. The molecule has 0 bridgehead atoms. The summed E-state index contributed by atoms with van der Waals surface area (Å²) in [6, 6.07) is 6.18. The van der Waals surface area contributed by atoms with E-state index in [9.17, 15) is 4.39 Å². The molecule has 2 fully saturated rings. The van der Waals surface area contributed by atoms with Crippen LogP contribution in [0.2, 0.25) is 0 Å². The first-order valence-electron chi connectivity index (χ1n) is 11.0. The van der Waals surface area contributed by atoms with E-state index in [1.54, 1.807) is 13.1 Å². The average Bonchev–Trinajstić information content (AvgIpc) is 2.77. The van der Waals surface area contributed by atoms with E-state index in [1.807, 2.05) is 17.0 Å². The molecule has 1 unspecified atom stereocenters. The molecule has 3 rings (SSSR count). The lowest BCUT2D eigenvalue weighted by molar-refractivity contribution is 0.122. The lowest BCUT2D eigenvalue weighted by Crippen LogP contribution is -2.45. The van der Waals surface area contributed by atoms with Crippen LogP contribution in [0.3, 0.4) is 0 Å². The molecule has 2 heterocycles. The van der Waals surface area contributed by atoms with Crippen molar-refractivity contribution in [3.05, 3.63) is 29.6 Å². The van der Waals surface area contributed by atoms with Crippen molar-refractivity contribution in [3.8, 4) is 0 Å². The number of piperidine rings is 1. The molecular formula is C22H37FIN5O. The second-order valence-corrected chi connectivity index (χ2v) is 7.83. The number of aliphatic imine (C=N–C) groups is 1. The molecule has 30 heavy (non-hydrogen) atoms. The van der Waals surface area contributed by atoms with Gasteiger partial charge in [0.1, 0.15) is 5.82 Å². The Labute approximate surface area is 197 Å². The van der Waals surface area contributed by atoms with Crippen molar-refractivity contribution in [2.24, 2.45) is 4.99 Å². The van der Waals surface area contributed by atoms with Crippen LogP contribution in [-0.4, -0.2) is 69.9 Å². The highest BCUT2D eigenvalue weighted by Gasteiger charge is 2.20. The van der Waals surface area contributed by atoms with Gasteiger partial charge in [-0.3, -0.25) is 9.89 Å². The minimum Gasteiger partial charge on any atom is -0.378 e. The maximum absolute atomic E-state index is 14.6. The van der Waals surface area contributed by atoms with Gasteiger partial charge in [0.05, 0.1) is 18.9 Å². The van der Waals surface area contributed by atoms with Crippen molar-refractivity contribution >= 4 is 35.6 Å². The van der Waals surface area contributed by atoms with E-state index in [2.05, 4.69) is 27.4 Å². The number of ether oxygens (including phenoxy) is 1. The van der Waals surface area contributed by atoms with Crippen molar-refractivity contribution in [2.75, 3.05) is 57.9 Å². The van der Waals surface area contributed by atoms with Gasteiger partial charge in [-0.1, -0.05) is 19.4 Å². The summed E-state index contributed by atoms with van der Waals surface area (Å²) >= 11 is 0. The number of nitrogens with zero attached hydrogens (tertiary/aromatic N) is 3. The number of guanidine groups is 1. The maximum atomic E-state index is 14.6. The van der Waals surface area contributed by atoms with Crippen LogP contribution in [0.1, 0.15) is 38.2 Å². The van der Waals surface area contributed by atoms with Crippen molar-refractivity contribution in [1.82, 2.24) is 15.5 Å². The number of nitrogens with one attached hydrogen (secondary N) is 2. The van der Waals surface area contributed by atoms with E-state index < -0.39 is 0 Å². The Hall–Kier alpha value is -1.13. The van der Waals surface area contributed by atoms with Gasteiger partial charge in [0, 0.05) is 45.8 Å². The number of benzene rings is 1. The third kappa shape index (κ3) is 7.23. The molecule has 2 saturated heterocycles. The topological polar surface area (TPSA) is 52.1 Å². The van der Waals surface area contributed by atoms with Gasteiger partial charge < -0.3 is 20.3 Å². The lowest BCUT2D eigenvalue weighted by atomic mass is 10.0. The summed E-state index contributed by atoms with van der Waals surface area (Å²) in [6.07, 6.45) is 5.19. The Morgan fingerprint density at radius 2 is 2.00 bits per heavy atom. The summed E-state index contributed by atoms with van der Waals surface area (Å²) in [5.74, 6) is 0.581. The highest BCUT2D eigenvalue weighted by Crippen LogP contribution is 2.21. The number of likely N-dealkylation sites (tertiary alicyclic amines) is 1. The first-order valence-corrected chi connectivity index (χ1v) is 11.0. The van der Waals surface area contributed by atoms with Crippen LogP contribution in [-0.2, 0) is 11.3 Å². The van der Waals surface area contributed by atoms with Gasteiger partial charge in [-0.2, -0.15) is 0 Å². The van der Waals surface area contributed by atoms with Gasteiger partial charge in [0.15, 0.2) is 5.96 Å². The quantitative estimate of drug-likeness (QED) is 0.321. The first-order chi connectivity index (χ1) is 14.2. The van der Waals surface area contributed by atoms with Gasteiger partial charge in [-0.05, 0) is 43.5 Å². The number of anilines is 1. The zero-order valence-corrected chi connectivity index (χ0v) is 20.7. The highest BCUT2D eigenvalue weighted by atomic mass is 127. The number of morpholine rings is 1. The van der Waals surface area contributed by atoms with Crippen LogP contribution in [0.4, 0.5) is 10.1 Å². The minimum atomic E-state index is -0.176. The predicted molar refractivity (Wildman–Crippen MR) is 133 cm³/mol. The molecule has 0 aliphatic carbocycles. The third-order valence-corrected chi connectivity index (χ3v) is 5.96. The highest BCUT2D eigenvalue weighted by molar-refractivity contribution is 14.0. The van der Waals surface area contributed by atoms with Crippen molar-refractivity contribution in [1.29, 1.82) is 0 Å². The van der Waals surface area contributed by atoms with Gasteiger partial charge in [0.25, 0.3) is 0 Å². The standard InChI is InChI=1S/C22H36FN5O.HI/c1-3-19-6-4-5-10-27(19)11-9-25-22(24-2)26-17-18-7-8-21(20(23)16-18)28-12-14-29-15-13-28;/h7-8,16,19H,3-6,9-15,17H2,1-2H3,(H2,24,25,26);1H. The molecule has 8 heteroatoms. The normalized spacial score (nSPS) is 20.6. The summed E-state index contributed by atoms with van der Waals surface area (Å²) in [7, 11) is 1.77. The molecule has 2 N–H and O–H groups in total. The van der Waals surface area contributed by atoms with Gasteiger partial charge >= 0.3 is 0 Å². The number of rotatable bonds is 7. The van der Waals surface area contributed by atoms with E-state index in [0.717, 1.165) is 37.7 Å². The maximum Gasteiger partial charge on any atom is 0.191 e. The molecule has 1 atom stereocenters. The van der Waals surface area contributed by atoms with Crippen LogP contribution in [0, 0.1) is 5.82 Å². The smallest absolute Gasteiger partial charge is 0.191 e. The number of halogens is 2. The molecule has 2 aliphatic heterocycles. The Morgan fingerprint density at radius 3 is 2.70 bits per heavy atom. The monoisotopic (exact) mass is 533 g/mol. The zero-order valence-electron chi connectivity index (χ0n) is 18.3. The average molecular weight is 533 g/mol. The number of hydrogen-bond acceptors (Lipinski definition) is 4. The molecule has 170 valence electrons. The van der Waals surface area contributed by atoms with Gasteiger partial charge in [-0.15, -0.1) is 24.0 Å². The minimum absolute atomic E-state index is 0. The molecule has 0 aromatic heterocycles. The SMILES string of the molecule is CCC1CCCCN1CCNC(=NC)NCc1ccc(N2CCOCC2)c(F)c1.I. The van der Waals surface area contributed by atoms with E-state index in [0.29, 0.717) is 31.5 Å². The fourth-order valence-corrected chi connectivity index (χ4v) is 4.26. The molecule has 1 aromatic carbocycles. The summed E-state index contributed by atoms with van der Waals surface area (Å²) in [5, 5.41) is 6.69. The van der Waals surface area contributed by atoms with E-state index in [-0.39, 0.29) is 29.8 Å². The van der Waals surface area contributed by atoms with Crippen molar-refractivity contribution in [3.63, 3.8) is 0 Å². The molecule has 0 amide bonds. The van der Waals surface area contributed by atoms with Crippen LogP contribution in [0.25, 0.3) is 0 Å². The molecular weight excluding hydrogens is 496 g/mol. The summed E-state index contributed by atoms with van der Waals surface area (Å²) < 4.78 is 19.9. The third-order valence-electron chi connectivity index (χ3n) is 5.96. The van der Waals surface area contributed by atoms with Crippen LogP contribution < -0.4 is 15.5 Å². The fraction of sp³-hybridized carbons (Fsp3) is 0.682. The summed E-state index contributed by atoms with van der Waals surface area (Å²) in [6.45, 7) is 8.69. The van der Waals surface area contributed by atoms with Crippen LogP contribution >= 0.6 is 24.0 Å². The van der Waals surface area contributed by atoms with Gasteiger partial charge in [-0.25, -0.2) is 4.39 Å².